The molecule has 4 aromatic heterocycles. The molecule has 340 valence electrons. The minimum absolute atomic E-state index is 0.0144. The zero-order chi connectivity index (χ0) is 46.8. The molecule has 0 unspecified atom stereocenters. The molecule has 0 aromatic carbocycles. The van der Waals surface area contributed by atoms with Crippen LogP contribution in [0.5, 0.6) is 5.88 Å². The number of halogens is 12. The first-order chi connectivity index (χ1) is 28.6. The quantitative estimate of drug-likeness (QED) is 0.125. The molecule has 16 nitrogen and oxygen atoms in total. The van der Waals surface area contributed by atoms with E-state index in [2.05, 4.69) is 41.3 Å². The van der Waals surface area contributed by atoms with Crippen molar-refractivity contribution < 1.29 is 87.1 Å². The van der Waals surface area contributed by atoms with E-state index in [1.807, 2.05) is 23.1 Å². The first kappa shape index (κ1) is 50.1. The first-order valence-corrected chi connectivity index (χ1v) is 17.4. The van der Waals surface area contributed by atoms with Crippen molar-refractivity contribution in [3.63, 3.8) is 0 Å². The summed E-state index contributed by atoms with van der Waals surface area (Å²) in [6.07, 6.45) is -9.41. The van der Waals surface area contributed by atoms with Crippen molar-refractivity contribution in [1.29, 1.82) is 5.26 Å². The molecule has 1 aliphatic carbocycles. The van der Waals surface area contributed by atoms with E-state index in [4.69, 9.17) is 34.4 Å². The average Bonchev–Trinajstić information content (AvgIpc) is 3.84. The minimum Gasteiger partial charge on any atom is -0.475 e. The van der Waals surface area contributed by atoms with Gasteiger partial charge in [0.2, 0.25) is 5.88 Å². The fraction of sp³-hybridized carbons (Fsp3) is 0.471. The van der Waals surface area contributed by atoms with Crippen molar-refractivity contribution in [2.75, 3.05) is 20.1 Å². The third kappa shape index (κ3) is 13.9. The van der Waals surface area contributed by atoms with Gasteiger partial charge in [-0.1, -0.05) is 0 Å². The van der Waals surface area contributed by atoms with Crippen LogP contribution in [0.3, 0.4) is 0 Å². The van der Waals surface area contributed by atoms with Crippen LogP contribution in [-0.4, -0.2) is 119 Å². The normalized spacial score (nSPS) is 17.7. The van der Waals surface area contributed by atoms with Gasteiger partial charge in [-0.15, -0.1) is 0 Å². The predicted octanol–water partition coefficient (Wildman–Crippen LogP) is 6.17. The molecule has 6 rings (SSSR count). The number of likely N-dealkylation sites (tertiary alicyclic amines) is 1. The lowest BCUT2D eigenvalue weighted by Gasteiger charge is -2.53. The number of hydrogen-bond donors (Lipinski definition) is 5. The summed E-state index contributed by atoms with van der Waals surface area (Å²) in [5.74, 6) is -8.26. The van der Waals surface area contributed by atoms with Gasteiger partial charge < -0.3 is 30.4 Å². The second-order valence-electron chi connectivity index (χ2n) is 13.3. The van der Waals surface area contributed by atoms with Crippen LogP contribution in [-0.2, 0) is 32.6 Å². The highest BCUT2D eigenvalue weighted by molar-refractivity contribution is 5.90. The van der Waals surface area contributed by atoms with E-state index in [0.29, 0.717) is 37.7 Å². The van der Waals surface area contributed by atoms with Crippen molar-refractivity contribution in [2.24, 2.45) is 0 Å². The van der Waals surface area contributed by atoms with Crippen LogP contribution in [0.2, 0.25) is 0 Å². The first-order valence-electron chi connectivity index (χ1n) is 17.4. The summed E-state index contributed by atoms with van der Waals surface area (Å²) in [5, 5.41) is 39.4. The summed E-state index contributed by atoms with van der Waals surface area (Å²) >= 11 is 0. The van der Waals surface area contributed by atoms with Gasteiger partial charge in [-0.3, -0.25) is 9.58 Å². The Kier molecular flexibility index (Phi) is 16.2. The van der Waals surface area contributed by atoms with E-state index in [0.717, 1.165) is 54.0 Å². The lowest BCUT2D eigenvalue weighted by Crippen LogP contribution is -2.65. The molecule has 0 amide bonds. The van der Waals surface area contributed by atoms with Crippen LogP contribution in [0.4, 0.5) is 52.7 Å². The van der Waals surface area contributed by atoms with E-state index in [-0.39, 0.29) is 12.0 Å². The highest BCUT2D eigenvalue weighted by atomic mass is 19.4. The van der Waals surface area contributed by atoms with Crippen LogP contribution in [0.25, 0.3) is 22.3 Å². The van der Waals surface area contributed by atoms with E-state index in [1.54, 1.807) is 19.3 Å². The number of aromatic amines is 1. The molecule has 28 heteroatoms. The van der Waals surface area contributed by atoms with Gasteiger partial charge in [0, 0.05) is 55.1 Å². The van der Waals surface area contributed by atoms with Gasteiger partial charge in [0.1, 0.15) is 29.3 Å². The number of nitrogens with one attached hydrogen (secondary N) is 2. The lowest BCUT2D eigenvalue weighted by atomic mass is 9.82. The number of carboxylic acids is 3. The standard InChI is InChI=1S/C28H30F3N9O.3C2HF3O2/c1-33-12-18-10-23(28(29,30)31)38-24(11-18)41-21-4-2-20(3-5-21)39-15-27(16-39,7-8-32)40-14-19(13-37-40)25-22-6-9-34-26(22)36-17-35-25;3*3-2(4,5)1(6)7/h6,9-11,13-14,17,20-21,33H,2-5,7,12,15-16H2,1H3,(H,34,35,36);3*(H,6,7). The maximum atomic E-state index is 13.4. The molecule has 5 heterocycles. The summed E-state index contributed by atoms with van der Waals surface area (Å²) in [7, 11) is 1.68. The molecule has 1 saturated heterocycles. The van der Waals surface area contributed by atoms with E-state index in [9.17, 15) is 57.9 Å². The number of nitriles is 1. The number of alkyl halides is 12. The van der Waals surface area contributed by atoms with E-state index >= 15 is 0 Å². The third-order valence-electron chi connectivity index (χ3n) is 8.81. The van der Waals surface area contributed by atoms with Crippen molar-refractivity contribution >= 4 is 28.9 Å². The zero-order valence-corrected chi connectivity index (χ0v) is 31.5. The number of rotatable bonds is 8. The largest absolute Gasteiger partial charge is 0.490 e. The Morgan fingerprint density at radius 3 is 1.94 bits per heavy atom. The smallest absolute Gasteiger partial charge is 0.475 e. The molecule has 62 heavy (non-hydrogen) atoms. The van der Waals surface area contributed by atoms with Crippen molar-refractivity contribution in [3.8, 4) is 23.2 Å². The Labute approximate surface area is 340 Å². The van der Waals surface area contributed by atoms with Gasteiger partial charge in [-0.2, -0.15) is 63.0 Å². The monoisotopic (exact) mass is 907 g/mol. The third-order valence-corrected chi connectivity index (χ3v) is 8.81. The molecule has 0 radical (unpaired) electrons. The Morgan fingerprint density at radius 1 is 0.903 bits per heavy atom. The number of hydrogen-bond acceptors (Lipinski definition) is 11. The fourth-order valence-electron chi connectivity index (χ4n) is 6.03. The predicted molar refractivity (Wildman–Crippen MR) is 185 cm³/mol. The summed E-state index contributed by atoms with van der Waals surface area (Å²) in [6.45, 7) is 1.69. The SMILES string of the molecule is CNCc1cc(OC2CCC(N3CC(CC#N)(n4cc(-c5ncnc6[nH]ccc56)cn4)C3)CC2)nc(C(F)(F)F)c1.O=C(O)C(F)(F)F.O=C(O)C(F)(F)F.O=C(O)C(F)(F)F. The van der Waals surface area contributed by atoms with Crippen LogP contribution in [0.1, 0.15) is 43.4 Å². The van der Waals surface area contributed by atoms with Crippen molar-refractivity contribution in [3.05, 3.63) is 54.4 Å². The molecule has 5 N–H and O–H groups in total. The number of H-pyrrole nitrogens is 1. The summed E-state index contributed by atoms with van der Waals surface area (Å²) in [5.41, 5.74) is 1.53. The number of carboxylic acid groups (broad SMARTS) is 3. The van der Waals surface area contributed by atoms with E-state index in [1.165, 1.54) is 6.33 Å². The maximum absolute atomic E-state index is 13.4. The molecule has 4 aromatic rings. The van der Waals surface area contributed by atoms with Gasteiger partial charge in [-0.25, -0.2) is 29.3 Å². The zero-order valence-electron chi connectivity index (χ0n) is 31.5. The van der Waals surface area contributed by atoms with Crippen LogP contribution >= 0.6 is 0 Å². The molecule has 0 spiro atoms. The number of ether oxygens (including phenoxy) is 1. The Hall–Kier alpha value is -6.24. The topological polar surface area (TPSA) is 232 Å². The van der Waals surface area contributed by atoms with Crippen molar-refractivity contribution in [2.45, 2.75) is 81.0 Å². The van der Waals surface area contributed by atoms with Gasteiger partial charge in [-0.05, 0) is 50.4 Å². The summed E-state index contributed by atoms with van der Waals surface area (Å²) in [4.78, 5) is 44.6. The highest BCUT2D eigenvalue weighted by Crippen LogP contribution is 2.39. The Morgan fingerprint density at radius 2 is 1.45 bits per heavy atom. The van der Waals surface area contributed by atoms with Crippen LogP contribution < -0.4 is 10.1 Å². The Bertz CT molecular complexity index is 2130. The van der Waals surface area contributed by atoms with Crippen LogP contribution in [0, 0.1) is 11.3 Å². The molecule has 1 aliphatic heterocycles. The van der Waals surface area contributed by atoms with Crippen LogP contribution in [0.15, 0.2) is 43.1 Å². The molecular weight excluding hydrogens is 874 g/mol. The molecule has 0 atom stereocenters. The number of aliphatic carboxylic acids is 3. The number of fused-ring (bicyclic) bond motifs is 1. The average molecular weight is 908 g/mol. The second kappa shape index (κ2) is 20.1. The summed E-state index contributed by atoms with van der Waals surface area (Å²) < 4.78 is 143. The highest BCUT2D eigenvalue weighted by Gasteiger charge is 2.48. The van der Waals surface area contributed by atoms with Gasteiger partial charge in [0.15, 0.2) is 0 Å². The number of aromatic nitrogens is 6. The van der Waals surface area contributed by atoms with Gasteiger partial charge in [0.25, 0.3) is 0 Å². The molecule has 2 aliphatic rings. The fourth-order valence-corrected chi connectivity index (χ4v) is 6.03. The van der Waals surface area contributed by atoms with Gasteiger partial charge >= 0.3 is 42.6 Å². The maximum Gasteiger partial charge on any atom is 0.490 e. The Balaban J connectivity index is 0.000000403. The van der Waals surface area contributed by atoms with Crippen molar-refractivity contribution in [1.82, 2.24) is 39.9 Å². The minimum atomic E-state index is -5.08. The number of pyridine rings is 1. The van der Waals surface area contributed by atoms with E-state index < -0.39 is 53.8 Å². The number of carbonyl (C=O) groups is 3. The van der Waals surface area contributed by atoms with Gasteiger partial charge in [0.05, 0.1) is 24.4 Å². The molecule has 0 bridgehead atoms. The molecule has 1 saturated carbocycles. The summed E-state index contributed by atoms with van der Waals surface area (Å²) in [6, 6.07) is 7.21. The molecule has 2 fully saturated rings. The number of nitrogens with zero attached hydrogens (tertiary/aromatic N) is 7. The lowest BCUT2D eigenvalue weighted by molar-refractivity contribution is -0.193. The second-order valence-corrected chi connectivity index (χ2v) is 13.3. The molecular formula is C34H33F12N9O7.